The number of unbranched alkanes of at least 4 members (excludes halogenated alkanes) is 6. The van der Waals surface area contributed by atoms with Crippen molar-refractivity contribution in [3.05, 3.63) is 32.6 Å². The zero-order chi connectivity index (χ0) is 35.8. The van der Waals surface area contributed by atoms with Crippen molar-refractivity contribution in [1.29, 1.82) is 0 Å². The van der Waals surface area contributed by atoms with Crippen LogP contribution >= 0.6 is 45.3 Å². The van der Waals surface area contributed by atoms with Crippen LogP contribution in [0.15, 0.2) is 12.1 Å². The van der Waals surface area contributed by atoms with E-state index >= 15 is 4.39 Å². The topological polar surface area (TPSA) is 35.5 Å². The lowest BCUT2D eigenvalue weighted by atomic mass is 10.0. The van der Waals surface area contributed by atoms with Gasteiger partial charge >= 0.3 is 0 Å². The molecule has 4 heterocycles. The van der Waals surface area contributed by atoms with Crippen molar-refractivity contribution in [3.8, 4) is 21.3 Å². The monoisotopic (exact) mass is 756 g/mol. The van der Waals surface area contributed by atoms with Crippen LogP contribution in [0.1, 0.15) is 144 Å². The minimum Gasteiger partial charge on any atom is -0.491 e. The normalized spacial score (nSPS) is 13.2. The van der Waals surface area contributed by atoms with E-state index in [4.69, 9.17) is 9.47 Å². The predicted molar refractivity (Wildman–Crippen MR) is 221 cm³/mol. The number of halogens is 1. The number of Topliss-reactive ketones (excluding diaryl/α,β-unsaturated/α-hetero) is 1. The molecular weight excluding hydrogens is 700 g/mol. The first-order valence-electron chi connectivity index (χ1n) is 19.3. The Balaban J connectivity index is 1.60. The Morgan fingerprint density at radius 2 is 1.28 bits per heavy atom. The van der Waals surface area contributed by atoms with Crippen molar-refractivity contribution in [3.63, 3.8) is 0 Å². The summed E-state index contributed by atoms with van der Waals surface area (Å²) in [5.41, 5.74) is 0. The maximum absolute atomic E-state index is 16.0. The summed E-state index contributed by atoms with van der Waals surface area (Å²) >= 11 is 6.50. The molecule has 2 unspecified atom stereocenters. The van der Waals surface area contributed by atoms with Crippen LogP contribution in [-0.4, -0.2) is 19.0 Å². The van der Waals surface area contributed by atoms with Gasteiger partial charge in [-0.1, -0.05) is 98.8 Å². The second kappa shape index (κ2) is 18.7. The molecule has 0 saturated carbocycles. The van der Waals surface area contributed by atoms with Gasteiger partial charge in [0.2, 0.25) is 0 Å². The third-order valence-electron chi connectivity index (χ3n) is 10.2. The molecule has 0 amide bonds. The fraction of sp³-hybridized carbons (Fsp3) is 0.595. The molecule has 0 aliphatic heterocycles. The number of aryl methyl sites for hydroxylation is 2. The smallest absolute Gasteiger partial charge is 0.175 e. The molecule has 2 atom stereocenters. The molecule has 0 aliphatic carbocycles. The fourth-order valence-electron chi connectivity index (χ4n) is 6.90. The molecule has 4 aromatic heterocycles. The summed E-state index contributed by atoms with van der Waals surface area (Å²) in [6.07, 6.45) is 15.1. The third-order valence-corrected chi connectivity index (χ3v) is 15.0. The molecule has 0 radical (unpaired) electrons. The van der Waals surface area contributed by atoms with E-state index in [-0.39, 0.29) is 11.6 Å². The second-order valence-electron chi connectivity index (χ2n) is 14.1. The summed E-state index contributed by atoms with van der Waals surface area (Å²) in [6.45, 7) is 16.8. The number of rotatable bonds is 22. The SMILES string of the molecule is CCCCCCCC(=O)c1sc2c(-c3cc4c(OCC(CC)CCCC)c5sc(C)cc5c(OCC(CC)CCCC)c4s3)sc(C)c2c1F. The van der Waals surface area contributed by atoms with Crippen LogP contribution in [0.3, 0.4) is 0 Å². The number of carbonyl (C=O) groups is 1. The van der Waals surface area contributed by atoms with Crippen LogP contribution in [0, 0.1) is 31.5 Å². The van der Waals surface area contributed by atoms with E-state index in [2.05, 4.69) is 53.7 Å². The largest absolute Gasteiger partial charge is 0.491 e. The first kappa shape index (κ1) is 39.2. The van der Waals surface area contributed by atoms with E-state index in [1.807, 2.05) is 6.92 Å². The molecule has 274 valence electrons. The lowest BCUT2D eigenvalue weighted by molar-refractivity contribution is 0.0979. The molecule has 0 saturated heterocycles. The summed E-state index contributed by atoms with van der Waals surface area (Å²) in [5, 5.41) is 2.84. The summed E-state index contributed by atoms with van der Waals surface area (Å²) in [6, 6.07) is 4.53. The van der Waals surface area contributed by atoms with Gasteiger partial charge in [0.05, 0.1) is 32.2 Å². The number of thiophene rings is 4. The van der Waals surface area contributed by atoms with E-state index in [1.165, 1.54) is 67.6 Å². The van der Waals surface area contributed by atoms with Gasteiger partial charge in [-0.3, -0.25) is 4.79 Å². The Kier molecular flexibility index (Phi) is 14.6. The highest BCUT2D eigenvalue weighted by Gasteiger charge is 2.28. The molecule has 3 nitrogen and oxygen atoms in total. The number of ether oxygens (including phenoxy) is 2. The van der Waals surface area contributed by atoms with E-state index in [9.17, 15) is 4.79 Å². The molecular formula is C42H57FO3S4. The van der Waals surface area contributed by atoms with Crippen LogP contribution < -0.4 is 9.47 Å². The maximum atomic E-state index is 16.0. The van der Waals surface area contributed by atoms with E-state index in [0.29, 0.717) is 41.7 Å². The van der Waals surface area contributed by atoms with Crippen LogP contribution in [-0.2, 0) is 0 Å². The van der Waals surface area contributed by atoms with Gasteiger partial charge < -0.3 is 9.47 Å². The quantitative estimate of drug-likeness (QED) is 0.0521. The lowest BCUT2D eigenvalue weighted by Crippen LogP contribution is -2.12. The Hall–Kier alpha value is -2.00. The van der Waals surface area contributed by atoms with Gasteiger partial charge in [0.25, 0.3) is 0 Å². The fourth-order valence-corrected chi connectivity index (χ4v) is 11.8. The van der Waals surface area contributed by atoms with Gasteiger partial charge in [0, 0.05) is 37.2 Å². The zero-order valence-electron chi connectivity index (χ0n) is 31.4. The number of hydrogen-bond acceptors (Lipinski definition) is 7. The van der Waals surface area contributed by atoms with Gasteiger partial charge in [-0.2, -0.15) is 0 Å². The van der Waals surface area contributed by atoms with Crippen LogP contribution in [0.4, 0.5) is 4.39 Å². The van der Waals surface area contributed by atoms with E-state index in [1.54, 1.807) is 34.0 Å². The maximum Gasteiger partial charge on any atom is 0.175 e. The van der Waals surface area contributed by atoms with E-state index < -0.39 is 0 Å². The molecule has 0 bridgehead atoms. The van der Waals surface area contributed by atoms with Crippen molar-refractivity contribution < 1.29 is 18.7 Å². The van der Waals surface area contributed by atoms with Crippen molar-refractivity contribution >= 4 is 81.4 Å². The highest BCUT2D eigenvalue weighted by molar-refractivity contribution is 7.31. The van der Waals surface area contributed by atoms with Crippen molar-refractivity contribution in [2.45, 2.75) is 138 Å². The van der Waals surface area contributed by atoms with Crippen LogP contribution in [0.25, 0.3) is 40.0 Å². The molecule has 5 aromatic rings. The summed E-state index contributed by atoms with van der Waals surface area (Å²) in [4.78, 5) is 17.9. The average molecular weight is 757 g/mol. The number of hydrogen-bond donors (Lipinski definition) is 0. The molecule has 0 fully saturated rings. The number of benzene rings is 1. The first-order valence-corrected chi connectivity index (χ1v) is 22.5. The van der Waals surface area contributed by atoms with Crippen molar-refractivity contribution in [1.82, 2.24) is 0 Å². The Bertz CT molecular complexity index is 1780. The highest BCUT2D eigenvalue weighted by Crippen LogP contribution is 2.54. The Labute approximate surface area is 315 Å². The van der Waals surface area contributed by atoms with Gasteiger partial charge in [0.1, 0.15) is 16.4 Å². The molecule has 0 spiro atoms. The Morgan fingerprint density at radius 3 is 1.88 bits per heavy atom. The number of carbonyl (C=O) groups excluding carboxylic acids is 1. The lowest BCUT2D eigenvalue weighted by Gasteiger charge is -2.19. The molecule has 0 N–H and O–H groups in total. The minimum absolute atomic E-state index is 0.0593. The Morgan fingerprint density at radius 1 is 0.700 bits per heavy atom. The first-order chi connectivity index (χ1) is 24.3. The third kappa shape index (κ3) is 8.78. The number of fused-ring (bicyclic) bond motifs is 3. The number of ketones is 1. The standard InChI is InChI=1S/C42H57FO3S4/c1-8-13-16-17-18-21-32(44)40-35(43)34-27(7)48-41(42(34)50-40)33-23-31-37(46-25-29(12-5)20-15-10-3)38-30(22-26(6)47-38)36(39(31)49-33)45-24-28(11-4)19-14-9-2/h22-23,28-29H,8-21,24-25H2,1-7H3. The molecule has 5 rings (SSSR count). The van der Waals surface area contributed by atoms with Crippen molar-refractivity contribution in [2.24, 2.45) is 11.8 Å². The van der Waals surface area contributed by atoms with Gasteiger partial charge in [0.15, 0.2) is 11.6 Å². The highest BCUT2D eigenvalue weighted by atomic mass is 32.1. The summed E-state index contributed by atoms with van der Waals surface area (Å²) in [5.74, 6) is 2.54. The second-order valence-corrected chi connectivity index (χ2v) is 18.6. The summed E-state index contributed by atoms with van der Waals surface area (Å²) < 4.78 is 32.9. The predicted octanol–water partition coefficient (Wildman–Crippen LogP) is 15.5. The van der Waals surface area contributed by atoms with E-state index in [0.717, 1.165) is 83.1 Å². The molecule has 8 heteroatoms. The summed E-state index contributed by atoms with van der Waals surface area (Å²) in [7, 11) is 0. The molecule has 50 heavy (non-hydrogen) atoms. The minimum atomic E-state index is -0.330. The average Bonchev–Trinajstić information content (AvgIpc) is 3.88. The van der Waals surface area contributed by atoms with Crippen molar-refractivity contribution in [2.75, 3.05) is 13.2 Å². The van der Waals surface area contributed by atoms with Crippen LogP contribution in [0.5, 0.6) is 11.5 Å². The molecule has 0 aliphatic rings. The van der Waals surface area contributed by atoms with Gasteiger partial charge in [-0.15, -0.1) is 45.3 Å². The molecule has 1 aromatic carbocycles. The van der Waals surface area contributed by atoms with Crippen LogP contribution in [0.2, 0.25) is 0 Å². The zero-order valence-corrected chi connectivity index (χ0v) is 34.6. The van der Waals surface area contributed by atoms with Gasteiger partial charge in [-0.05, 0) is 57.1 Å². The van der Waals surface area contributed by atoms with Gasteiger partial charge in [-0.25, -0.2) is 4.39 Å².